The highest BCUT2D eigenvalue weighted by Gasteiger charge is 1.91. The molecule has 0 amide bonds. The first-order chi connectivity index (χ1) is 3.85. The second kappa shape index (κ2) is 4.62. The first kappa shape index (κ1) is 7.47. The second-order valence-electron chi connectivity index (χ2n) is 1.67. The van der Waals surface area contributed by atoms with E-state index in [1.807, 2.05) is 6.92 Å². The van der Waals surface area contributed by atoms with Crippen molar-refractivity contribution in [3.05, 3.63) is 6.92 Å². The molecule has 8 heavy (non-hydrogen) atoms. The highest BCUT2D eigenvalue weighted by atomic mass is 16.4. The minimum atomic E-state index is 0.615. The summed E-state index contributed by atoms with van der Waals surface area (Å²) in [5.74, 6) is 0. The molecular formula is C6H12NO. The molecule has 0 bridgehead atoms. The van der Waals surface area contributed by atoms with Crippen molar-refractivity contribution >= 4 is 5.71 Å². The fourth-order valence-electron chi connectivity index (χ4n) is 0.514. The lowest BCUT2D eigenvalue weighted by molar-refractivity contribution is 0.316. The van der Waals surface area contributed by atoms with Crippen molar-refractivity contribution in [2.24, 2.45) is 5.16 Å². The maximum absolute atomic E-state index is 8.21. The van der Waals surface area contributed by atoms with Gasteiger partial charge in [-0.05, 0) is 19.8 Å². The summed E-state index contributed by atoms with van der Waals surface area (Å²) in [5.41, 5.74) is 0.785. The first-order valence-corrected chi connectivity index (χ1v) is 2.84. The normalized spacial score (nSPS) is 12.0. The summed E-state index contributed by atoms with van der Waals surface area (Å²) in [4.78, 5) is 0. The highest BCUT2D eigenvalue weighted by molar-refractivity contribution is 5.84. The number of oxime groups is 1. The van der Waals surface area contributed by atoms with Crippen LogP contribution in [0.25, 0.3) is 0 Å². The van der Waals surface area contributed by atoms with Crippen LogP contribution in [0.2, 0.25) is 0 Å². The summed E-state index contributed by atoms with van der Waals surface area (Å²) >= 11 is 0. The summed E-state index contributed by atoms with van der Waals surface area (Å²) in [6, 6.07) is 0. The molecule has 0 aliphatic carbocycles. The van der Waals surface area contributed by atoms with Crippen molar-refractivity contribution < 1.29 is 5.21 Å². The van der Waals surface area contributed by atoms with E-state index in [4.69, 9.17) is 5.21 Å². The van der Waals surface area contributed by atoms with Gasteiger partial charge in [0.1, 0.15) is 0 Å². The van der Waals surface area contributed by atoms with E-state index < -0.39 is 0 Å². The molecule has 0 aliphatic heterocycles. The van der Waals surface area contributed by atoms with E-state index in [-0.39, 0.29) is 0 Å². The smallest absolute Gasteiger partial charge is 0.0570 e. The van der Waals surface area contributed by atoms with Crippen molar-refractivity contribution in [2.75, 3.05) is 0 Å². The second-order valence-corrected chi connectivity index (χ2v) is 1.67. The van der Waals surface area contributed by atoms with Gasteiger partial charge in [0, 0.05) is 0 Å². The Morgan fingerprint density at radius 1 is 1.75 bits per heavy atom. The summed E-state index contributed by atoms with van der Waals surface area (Å²) in [6.45, 7) is 5.63. The van der Waals surface area contributed by atoms with Gasteiger partial charge in [-0.1, -0.05) is 18.5 Å². The molecule has 0 aromatic carbocycles. The molecule has 1 N–H and O–H groups in total. The molecule has 47 valence electrons. The Morgan fingerprint density at radius 3 is 2.50 bits per heavy atom. The van der Waals surface area contributed by atoms with Gasteiger partial charge in [0.2, 0.25) is 0 Å². The molecule has 0 saturated carbocycles. The molecular weight excluding hydrogens is 102 g/mol. The SMILES string of the molecule is [CH2]C/C(CCC)=N\O. The van der Waals surface area contributed by atoms with Gasteiger partial charge in [0.05, 0.1) is 5.71 Å². The van der Waals surface area contributed by atoms with Crippen LogP contribution in [-0.2, 0) is 0 Å². The standard InChI is InChI=1S/C6H12NO/c1-3-5-6(4-2)7-8/h8H,2-5H2,1H3/b7-6+. The van der Waals surface area contributed by atoms with E-state index in [2.05, 4.69) is 12.1 Å². The van der Waals surface area contributed by atoms with Gasteiger partial charge in [-0.15, -0.1) is 0 Å². The number of rotatable bonds is 3. The van der Waals surface area contributed by atoms with Crippen LogP contribution in [0.4, 0.5) is 0 Å². The molecule has 0 fully saturated rings. The van der Waals surface area contributed by atoms with Crippen LogP contribution in [0, 0.1) is 6.92 Å². The van der Waals surface area contributed by atoms with Crippen LogP contribution < -0.4 is 0 Å². The Labute approximate surface area is 50.2 Å². The third kappa shape index (κ3) is 2.61. The van der Waals surface area contributed by atoms with Crippen LogP contribution >= 0.6 is 0 Å². The largest absolute Gasteiger partial charge is 0.411 e. The first-order valence-electron chi connectivity index (χ1n) is 2.84. The van der Waals surface area contributed by atoms with Crippen LogP contribution in [0.3, 0.4) is 0 Å². The van der Waals surface area contributed by atoms with Gasteiger partial charge < -0.3 is 5.21 Å². The topological polar surface area (TPSA) is 32.6 Å². The molecule has 0 unspecified atom stereocenters. The summed E-state index contributed by atoms with van der Waals surface area (Å²) in [6.07, 6.45) is 2.50. The zero-order valence-electron chi connectivity index (χ0n) is 5.22. The molecule has 0 rings (SSSR count). The van der Waals surface area contributed by atoms with E-state index in [1.165, 1.54) is 0 Å². The van der Waals surface area contributed by atoms with E-state index in [0.717, 1.165) is 18.6 Å². The monoisotopic (exact) mass is 114 g/mol. The summed E-state index contributed by atoms with van der Waals surface area (Å²) in [5, 5.41) is 11.3. The van der Waals surface area contributed by atoms with Gasteiger partial charge in [0.25, 0.3) is 0 Å². The third-order valence-electron chi connectivity index (χ3n) is 0.969. The Hall–Kier alpha value is -0.530. The number of hydrogen-bond acceptors (Lipinski definition) is 2. The van der Waals surface area contributed by atoms with Crippen molar-refractivity contribution in [3.8, 4) is 0 Å². The van der Waals surface area contributed by atoms with Gasteiger partial charge in [0.15, 0.2) is 0 Å². The molecule has 0 spiro atoms. The van der Waals surface area contributed by atoms with Crippen molar-refractivity contribution in [3.63, 3.8) is 0 Å². The summed E-state index contributed by atoms with van der Waals surface area (Å²) < 4.78 is 0. The lowest BCUT2D eigenvalue weighted by atomic mass is 10.2. The Kier molecular flexibility index (Phi) is 4.32. The fraction of sp³-hybridized carbons (Fsp3) is 0.667. The fourth-order valence-corrected chi connectivity index (χ4v) is 0.514. The molecule has 0 aliphatic rings. The molecule has 1 radical (unpaired) electrons. The Morgan fingerprint density at radius 2 is 2.38 bits per heavy atom. The zero-order valence-corrected chi connectivity index (χ0v) is 5.22. The zero-order chi connectivity index (χ0) is 6.41. The van der Waals surface area contributed by atoms with Gasteiger partial charge in [-0.2, -0.15) is 0 Å². The molecule has 2 nitrogen and oxygen atoms in total. The molecule has 0 saturated heterocycles. The van der Waals surface area contributed by atoms with Crippen molar-refractivity contribution in [1.29, 1.82) is 0 Å². The van der Waals surface area contributed by atoms with E-state index >= 15 is 0 Å². The number of nitrogens with zero attached hydrogens (tertiary/aromatic N) is 1. The van der Waals surface area contributed by atoms with Crippen LogP contribution in [0.15, 0.2) is 5.16 Å². The maximum Gasteiger partial charge on any atom is 0.0570 e. The van der Waals surface area contributed by atoms with Gasteiger partial charge in [-0.25, -0.2) is 0 Å². The average molecular weight is 114 g/mol. The minimum Gasteiger partial charge on any atom is -0.411 e. The van der Waals surface area contributed by atoms with Gasteiger partial charge >= 0.3 is 0 Å². The molecule has 0 aromatic heterocycles. The van der Waals surface area contributed by atoms with E-state index in [9.17, 15) is 0 Å². The lowest BCUT2D eigenvalue weighted by Gasteiger charge is -1.93. The molecule has 0 aromatic rings. The van der Waals surface area contributed by atoms with Crippen molar-refractivity contribution in [1.82, 2.24) is 0 Å². The quantitative estimate of drug-likeness (QED) is 0.339. The minimum absolute atomic E-state index is 0.615. The average Bonchev–Trinajstić information content (AvgIpc) is 1.83. The highest BCUT2D eigenvalue weighted by Crippen LogP contribution is 1.94. The van der Waals surface area contributed by atoms with E-state index in [1.54, 1.807) is 0 Å². The molecule has 2 heteroatoms. The third-order valence-corrected chi connectivity index (χ3v) is 0.969. The van der Waals surface area contributed by atoms with Gasteiger partial charge in [-0.3, -0.25) is 0 Å². The van der Waals surface area contributed by atoms with Crippen LogP contribution in [0.1, 0.15) is 26.2 Å². The lowest BCUT2D eigenvalue weighted by Crippen LogP contribution is -1.93. The Bertz CT molecular complexity index is 78.6. The predicted molar refractivity (Wildman–Crippen MR) is 34.1 cm³/mol. The molecule has 0 heterocycles. The summed E-state index contributed by atoms with van der Waals surface area (Å²) in [7, 11) is 0. The molecule has 0 atom stereocenters. The predicted octanol–water partition coefficient (Wildman–Crippen LogP) is 1.84. The Balaban J connectivity index is 3.38. The maximum atomic E-state index is 8.21. The number of hydrogen-bond donors (Lipinski definition) is 1. The van der Waals surface area contributed by atoms with Crippen molar-refractivity contribution in [2.45, 2.75) is 26.2 Å². The van der Waals surface area contributed by atoms with Crippen LogP contribution in [-0.4, -0.2) is 10.9 Å². The van der Waals surface area contributed by atoms with E-state index in [0.29, 0.717) is 6.42 Å². The van der Waals surface area contributed by atoms with Crippen LogP contribution in [0.5, 0.6) is 0 Å².